The van der Waals surface area contributed by atoms with Crippen LogP contribution < -0.4 is 4.57 Å². The Balaban J connectivity index is 2.15. The zero-order valence-electron chi connectivity index (χ0n) is 7.93. The lowest BCUT2D eigenvalue weighted by Gasteiger charge is -2.22. The number of allylic oxidation sites excluding steroid dienone is 1. The Labute approximate surface area is 79.1 Å². The maximum Gasteiger partial charge on any atom is 0.178 e. The van der Waals surface area contributed by atoms with Gasteiger partial charge in [0.05, 0.1) is 6.54 Å². The van der Waals surface area contributed by atoms with Crippen molar-refractivity contribution in [3.05, 3.63) is 42.9 Å². The number of rotatable bonds is 1. The maximum absolute atomic E-state index is 2.28. The van der Waals surface area contributed by atoms with Gasteiger partial charge < -0.3 is 4.90 Å². The van der Waals surface area contributed by atoms with E-state index < -0.39 is 0 Å². The molecule has 1 aliphatic rings. The highest BCUT2D eigenvalue weighted by Gasteiger charge is 2.20. The third kappa shape index (κ3) is 1.89. The number of aromatic nitrogens is 1. The van der Waals surface area contributed by atoms with E-state index in [1.54, 1.807) is 0 Å². The number of nitrogens with zero attached hydrogens (tertiary/aromatic N) is 2. The summed E-state index contributed by atoms with van der Waals surface area (Å²) in [5.74, 6) is 0. The monoisotopic (exact) mass is 175 g/mol. The molecule has 1 atom stereocenters. The van der Waals surface area contributed by atoms with Gasteiger partial charge in [0.15, 0.2) is 18.4 Å². The van der Waals surface area contributed by atoms with Crippen LogP contribution in [-0.2, 0) is 0 Å². The summed E-state index contributed by atoms with van der Waals surface area (Å²) >= 11 is 0. The van der Waals surface area contributed by atoms with E-state index in [9.17, 15) is 0 Å². The molecule has 0 saturated carbocycles. The summed E-state index contributed by atoms with van der Waals surface area (Å²) in [6.07, 6.45) is 9.79. The predicted molar refractivity (Wildman–Crippen MR) is 52.1 cm³/mol. The molecule has 0 spiro atoms. The average Bonchev–Trinajstić information content (AvgIpc) is 2.19. The van der Waals surface area contributed by atoms with E-state index >= 15 is 0 Å². The fourth-order valence-corrected chi connectivity index (χ4v) is 1.74. The summed E-state index contributed by atoms with van der Waals surface area (Å²) in [6.45, 7) is 1.10. The van der Waals surface area contributed by atoms with Gasteiger partial charge in [-0.3, -0.25) is 0 Å². The molecule has 1 aromatic rings. The molecule has 2 heterocycles. The molecule has 0 bridgehead atoms. The van der Waals surface area contributed by atoms with Crippen molar-refractivity contribution in [3.8, 4) is 0 Å². The normalized spacial score (nSPS) is 21.9. The van der Waals surface area contributed by atoms with Crippen LogP contribution in [0.1, 0.15) is 12.5 Å². The molecule has 68 valence electrons. The third-order valence-electron chi connectivity index (χ3n) is 2.43. The summed E-state index contributed by atoms with van der Waals surface area (Å²) in [7, 11) is 2.12. The Morgan fingerprint density at radius 3 is 2.69 bits per heavy atom. The highest BCUT2D eigenvalue weighted by molar-refractivity contribution is 4.90. The average molecular weight is 175 g/mol. The standard InChI is InChI=1S/C11H15N2/c1-12-7-5-6-11(10-12)13-8-3-2-4-9-13/h2-5,7-9,11H,6,10H2,1H3/q+1. The molecule has 0 fully saturated rings. The van der Waals surface area contributed by atoms with Gasteiger partial charge >= 0.3 is 0 Å². The Hall–Kier alpha value is -1.31. The van der Waals surface area contributed by atoms with Crippen molar-refractivity contribution in [1.82, 2.24) is 4.90 Å². The zero-order valence-corrected chi connectivity index (χ0v) is 7.93. The molecule has 0 aromatic carbocycles. The smallest absolute Gasteiger partial charge is 0.178 e. The largest absolute Gasteiger partial charge is 0.374 e. The molecule has 13 heavy (non-hydrogen) atoms. The van der Waals surface area contributed by atoms with Crippen molar-refractivity contribution >= 4 is 0 Å². The molecule has 0 amide bonds. The lowest BCUT2D eigenvalue weighted by Crippen LogP contribution is -2.44. The summed E-state index contributed by atoms with van der Waals surface area (Å²) in [6, 6.07) is 6.81. The van der Waals surface area contributed by atoms with Crippen molar-refractivity contribution in [2.45, 2.75) is 12.5 Å². The highest BCUT2D eigenvalue weighted by atomic mass is 15.1. The van der Waals surface area contributed by atoms with Crippen molar-refractivity contribution in [3.63, 3.8) is 0 Å². The van der Waals surface area contributed by atoms with E-state index in [0.717, 1.165) is 13.0 Å². The van der Waals surface area contributed by atoms with Gasteiger partial charge in [0, 0.05) is 25.6 Å². The van der Waals surface area contributed by atoms with E-state index in [4.69, 9.17) is 0 Å². The Bertz CT molecular complexity index is 292. The van der Waals surface area contributed by atoms with Gasteiger partial charge in [-0.1, -0.05) is 12.1 Å². The van der Waals surface area contributed by atoms with Crippen LogP contribution in [0.5, 0.6) is 0 Å². The molecule has 1 unspecified atom stereocenters. The SMILES string of the molecule is CN1C=CCC([n+]2ccccc2)C1. The molecule has 2 heteroatoms. The van der Waals surface area contributed by atoms with Crippen molar-refractivity contribution in [2.24, 2.45) is 0 Å². The van der Waals surface area contributed by atoms with Crippen LogP contribution in [0.15, 0.2) is 42.9 Å². The van der Waals surface area contributed by atoms with E-state index in [1.807, 2.05) is 0 Å². The molecule has 2 nitrogen and oxygen atoms in total. The van der Waals surface area contributed by atoms with Crippen LogP contribution in [0.4, 0.5) is 0 Å². The van der Waals surface area contributed by atoms with Crippen LogP contribution >= 0.6 is 0 Å². The maximum atomic E-state index is 2.28. The minimum absolute atomic E-state index is 0.594. The molecule has 1 aliphatic heterocycles. The Morgan fingerprint density at radius 2 is 2.00 bits per heavy atom. The second-order valence-electron chi connectivity index (χ2n) is 3.54. The second kappa shape index (κ2) is 3.60. The van der Waals surface area contributed by atoms with E-state index in [1.165, 1.54) is 0 Å². The quantitative estimate of drug-likeness (QED) is 0.585. The summed E-state index contributed by atoms with van der Waals surface area (Å²) in [5.41, 5.74) is 0. The molecule has 0 aliphatic carbocycles. The van der Waals surface area contributed by atoms with Crippen molar-refractivity contribution in [2.75, 3.05) is 13.6 Å². The Morgan fingerprint density at radius 1 is 1.23 bits per heavy atom. The third-order valence-corrected chi connectivity index (χ3v) is 2.43. The van der Waals surface area contributed by atoms with Crippen LogP contribution in [0, 0.1) is 0 Å². The molecule has 0 radical (unpaired) electrons. The van der Waals surface area contributed by atoms with Gasteiger partial charge in [-0.05, 0) is 6.20 Å². The van der Waals surface area contributed by atoms with E-state index in [2.05, 4.69) is 59.4 Å². The first-order chi connectivity index (χ1) is 6.36. The van der Waals surface area contributed by atoms with Gasteiger partial charge in [0.25, 0.3) is 0 Å². The fraction of sp³-hybridized carbons (Fsp3) is 0.364. The Kier molecular flexibility index (Phi) is 2.30. The zero-order chi connectivity index (χ0) is 9.10. The lowest BCUT2D eigenvalue weighted by molar-refractivity contribution is -0.722. The van der Waals surface area contributed by atoms with Gasteiger partial charge in [-0.25, -0.2) is 4.57 Å². The number of likely N-dealkylation sites (N-methyl/N-ethyl adjacent to an activating group) is 1. The number of hydrogen-bond acceptors (Lipinski definition) is 1. The van der Waals surface area contributed by atoms with Gasteiger partial charge in [0.1, 0.15) is 0 Å². The van der Waals surface area contributed by atoms with E-state index in [-0.39, 0.29) is 0 Å². The van der Waals surface area contributed by atoms with E-state index in [0.29, 0.717) is 6.04 Å². The van der Waals surface area contributed by atoms with Gasteiger partial charge in [-0.2, -0.15) is 0 Å². The van der Waals surface area contributed by atoms with Crippen LogP contribution in [-0.4, -0.2) is 18.5 Å². The van der Waals surface area contributed by atoms with Crippen molar-refractivity contribution < 1.29 is 4.57 Å². The topological polar surface area (TPSA) is 7.12 Å². The second-order valence-corrected chi connectivity index (χ2v) is 3.54. The highest BCUT2D eigenvalue weighted by Crippen LogP contribution is 2.11. The van der Waals surface area contributed by atoms with Gasteiger partial charge in [-0.15, -0.1) is 0 Å². The van der Waals surface area contributed by atoms with Crippen LogP contribution in [0.3, 0.4) is 0 Å². The number of hydrogen-bond donors (Lipinski definition) is 0. The fourth-order valence-electron chi connectivity index (χ4n) is 1.74. The minimum atomic E-state index is 0.594. The minimum Gasteiger partial charge on any atom is -0.374 e. The van der Waals surface area contributed by atoms with Crippen LogP contribution in [0.25, 0.3) is 0 Å². The number of pyridine rings is 1. The first-order valence-electron chi connectivity index (χ1n) is 4.69. The lowest BCUT2D eigenvalue weighted by atomic mass is 10.1. The molecule has 1 aromatic heterocycles. The first kappa shape index (κ1) is 8.30. The van der Waals surface area contributed by atoms with Crippen LogP contribution in [0.2, 0.25) is 0 Å². The summed E-state index contributed by atoms with van der Waals surface area (Å²) in [5, 5.41) is 0. The molecular formula is C11H15N2+. The summed E-state index contributed by atoms with van der Waals surface area (Å²) < 4.78 is 2.28. The summed E-state index contributed by atoms with van der Waals surface area (Å²) in [4.78, 5) is 2.23. The molecule has 0 N–H and O–H groups in total. The van der Waals surface area contributed by atoms with Crippen molar-refractivity contribution in [1.29, 1.82) is 0 Å². The first-order valence-corrected chi connectivity index (χ1v) is 4.69. The molecular weight excluding hydrogens is 160 g/mol. The molecule has 2 rings (SSSR count). The predicted octanol–water partition coefficient (Wildman–Crippen LogP) is 1.36. The van der Waals surface area contributed by atoms with Gasteiger partial charge in [0.2, 0.25) is 0 Å². The molecule has 0 saturated heterocycles.